The van der Waals surface area contributed by atoms with Gasteiger partial charge in [-0.2, -0.15) is 0 Å². The van der Waals surface area contributed by atoms with Crippen molar-refractivity contribution in [2.75, 3.05) is 0 Å². The fraction of sp³-hybridized carbons (Fsp3) is 0.143. The maximum atomic E-state index is 2.28. The van der Waals surface area contributed by atoms with Gasteiger partial charge in [-0.1, -0.05) is 0 Å². The Hall–Kier alpha value is -0.0969. The van der Waals surface area contributed by atoms with E-state index in [1.54, 1.807) is 5.56 Å². The summed E-state index contributed by atoms with van der Waals surface area (Å²) in [6.07, 6.45) is 1.13. The number of aryl methyl sites for hydroxylation is 1. The van der Waals surface area contributed by atoms with Gasteiger partial charge in [-0.3, -0.25) is 0 Å². The predicted octanol–water partition coefficient (Wildman–Crippen LogP) is -3.25. The van der Waals surface area contributed by atoms with E-state index >= 15 is 0 Å². The second-order valence-corrected chi connectivity index (χ2v) is 5.44. The summed E-state index contributed by atoms with van der Waals surface area (Å²) in [7, 11) is 0. The zero-order chi connectivity index (χ0) is 10.4. The van der Waals surface area contributed by atoms with E-state index in [1.807, 2.05) is 0 Å². The Kier molecular flexibility index (Phi) is 5.01. The standard InChI is InChI=1S/C14H11.2ClH.Zr/c1-10-5-4-7-12-9-11-6-2-3-8-13(11)14(10)12;;;/h2-6,8H,9H2,1H3;2*1H;/q;;;+2/p-2. The van der Waals surface area contributed by atoms with Crippen LogP contribution in [0.1, 0.15) is 16.7 Å². The van der Waals surface area contributed by atoms with Crippen LogP contribution in [0.2, 0.25) is 0 Å². The molecular weight excluding hydrogens is 330 g/mol. The van der Waals surface area contributed by atoms with Gasteiger partial charge in [0.25, 0.3) is 0 Å². The molecule has 0 N–H and O–H groups in total. The Labute approximate surface area is 129 Å². The second kappa shape index (κ2) is 5.70. The molecule has 0 fully saturated rings. The van der Waals surface area contributed by atoms with Gasteiger partial charge in [0.1, 0.15) is 0 Å². The van der Waals surface area contributed by atoms with E-state index < -0.39 is 0 Å². The van der Waals surface area contributed by atoms with Crippen LogP contribution in [-0.4, -0.2) is 0 Å². The predicted molar refractivity (Wildman–Crippen MR) is 59.1 cm³/mol. The number of fused-ring (bicyclic) bond motifs is 3. The van der Waals surface area contributed by atoms with Gasteiger partial charge in [0.2, 0.25) is 0 Å². The largest absolute Gasteiger partial charge is 1.00 e. The minimum atomic E-state index is 0. The minimum Gasteiger partial charge on any atom is -1.00 e. The molecule has 0 saturated heterocycles. The second-order valence-electron chi connectivity index (χ2n) is 4.12. The van der Waals surface area contributed by atoms with Crippen LogP contribution >= 0.6 is 0 Å². The molecule has 2 aromatic rings. The van der Waals surface area contributed by atoms with E-state index in [-0.39, 0.29) is 24.8 Å². The molecule has 0 nitrogen and oxygen atoms in total. The Morgan fingerprint density at radius 2 is 1.71 bits per heavy atom. The molecule has 1 aliphatic rings. The van der Waals surface area contributed by atoms with E-state index in [4.69, 9.17) is 0 Å². The number of benzene rings is 2. The average Bonchev–Trinajstić information content (AvgIpc) is 2.64. The third-order valence-electron chi connectivity index (χ3n) is 3.18. The average molecular weight is 341 g/mol. The molecule has 0 amide bonds. The topological polar surface area (TPSA) is 0 Å². The number of halogens is 2. The van der Waals surface area contributed by atoms with E-state index in [2.05, 4.69) is 43.3 Å². The van der Waals surface area contributed by atoms with Crippen LogP contribution in [0.5, 0.6) is 0 Å². The van der Waals surface area contributed by atoms with Gasteiger partial charge < -0.3 is 24.8 Å². The van der Waals surface area contributed by atoms with Gasteiger partial charge in [0.15, 0.2) is 0 Å². The zero-order valence-corrected chi connectivity index (χ0v) is 13.4. The summed E-state index contributed by atoms with van der Waals surface area (Å²) in [6.45, 7) is 2.22. The van der Waals surface area contributed by atoms with Gasteiger partial charge in [0, 0.05) is 0 Å². The summed E-state index contributed by atoms with van der Waals surface area (Å²) in [5, 5.41) is 0. The van der Waals surface area contributed by atoms with Gasteiger partial charge >= 0.3 is 106 Å². The molecule has 0 saturated carbocycles. The first-order chi connectivity index (χ1) is 7.27. The van der Waals surface area contributed by atoms with Crippen molar-refractivity contribution in [2.45, 2.75) is 13.3 Å². The van der Waals surface area contributed by atoms with Crippen LogP contribution in [0.25, 0.3) is 11.1 Å². The molecule has 2 aromatic carbocycles. The first-order valence-corrected chi connectivity index (χ1v) is 6.42. The third-order valence-corrected chi connectivity index (χ3v) is 4.33. The molecule has 0 atom stereocenters. The fourth-order valence-electron chi connectivity index (χ4n) is 2.43. The van der Waals surface area contributed by atoms with Gasteiger partial charge in [-0.15, -0.1) is 0 Å². The minimum absolute atomic E-state index is 0. The first-order valence-electron chi connectivity index (χ1n) is 5.20. The molecule has 0 unspecified atom stereocenters. The van der Waals surface area contributed by atoms with Crippen LogP contribution in [-0.2, 0) is 31.1 Å². The number of hydrogen-bond acceptors (Lipinski definition) is 0. The van der Waals surface area contributed by atoms with E-state index in [9.17, 15) is 0 Å². The zero-order valence-electron chi connectivity index (χ0n) is 9.43. The Bertz CT molecular complexity index is 550. The van der Waals surface area contributed by atoms with Gasteiger partial charge in [-0.25, -0.2) is 0 Å². The maximum Gasteiger partial charge on any atom is -1.00 e. The molecule has 0 bridgehead atoms. The van der Waals surface area contributed by atoms with Crippen LogP contribution < -0.4 is 28.1 Å². The smallest absolute Gasteiger partial charge is 1.00 e. The van der Waals surface area contributed by atoms with Crippen molar-refractivity contribution in [1.82, 2.24) is 0 Å². The maximum absolute atomic E-state index is 2.28. The number of rotatable bonds is 0. The summed E-state index contributed by atoms with van der Waals surface area (Å²) < 4.78 is 1.51. The summed E-state index contributed by atoms with van der Waals surface area (Å²) >= 11 is 1.53. The molecular formula is C14H11Cl2Zr. The molecule has 3 rings (SSSR count). The van der Waals surface area contributed by atoms with E-state index in [0.29, 0.717) is 0 Å². The molecule has 0 aromatic heterocycles. The van der Waals surface area contributed by atoms with E-state index in [0.717, 1.165) is 6.42 Å². The van der Waals surface area contributed by atoms with Crippen molar-refractivity contribution in [3.8, 4) is 11.1 Å². The molecule has 0 radical (unpaired) electrons. The van der Waals surface area contributed by atoms with Crippen LogP contribution in [0, 0.1) is 6.92 Å². The van der Waals surface area contributed by atoms with Crippen molar-refractivity contribution in [3.05, 3.63) is 53.1 Å². The quantitative estimate of drug-likeness (QED) is 0.403. The Morgan fingerprint density at radius 3 is 2.47 bits per heavy atom. The molecule has 0 spiro atoms. The van der Waals surface area contributed by atoms with Gasteiger partial charge in [0.05, 0.1) is 0 Å². The molecule has 17 heavy (non-hydrogen) atoms. The van der Waals surface area contributed by atoms with Crippen molar-refractivity contribution in [3.63, 3.8) is 0 Å². The molecule has 0 heterocycles. The fourth-order valence-corrected chi connectivity index (χ4v) is 3.16. The third kappa shape index (κ3) is 2.38. The molecule has 3 heteroatoms. The molecule has 1 aliphatic carbocycles. The summed E-state index contributed by atoms with van der Waals surface area (Å²) in [5.41, 5.74) is 7.43. The summed E-state index contributed by atoms with van der Waals surface area (Å²) in [6, 6.07) is 13.3. The Balaban J connectivity index is 0.000000722. The van der Waals surface area contributed by atoms with Crippen LogP contribution in [0.4, 0.5) is 0 Å². The number of hydrogen-bond donors (Lipinski definition) is 0. The molecule has 85 valence electrons. The summed E-state index contributed by atoms with van der Waals surface area (Å²) in [5.74, 6) is 0. The van der Waals surface area contributed by atoms with Crippen molar-refractivity contribution in [1.29, 1.82) is 0 Å². The Morgan fingerprint density at radius 1 is 1.00 bits per heavy atom. The van der Waals surface area contributed by atoms with Crippen LogP contribution in [0.3, 0.4) is 0 Å². The SMILES string of the molecule is Cc1cc[c]([Zr+2])c2c1-c1ccccc1C2.[Cl-].[Cl-]. The van der Waals surface area contributed by atoms with Crippen molar-refractivity contribution >= 4 is 3.27 Å². The van der Waals surface area contributed by atoms with Gasteiger partial charge in [-0.05, 0) is 0 Å². The monoisotopic (exact) mass is 339 g/mol. The van der Waals surface area contributed by atoms with Crippen LogP contribution in [0.15, 0.2) is 36.4 Å². The van der Waals surface area contributed by atoms with E-state index in [1.165, 1.54) is 50.2 Å². The first kappa shape index (κ1) is 15.0. The van der Waals surface area contributed by atoms with Crippen molar-refractivity contribution < 1.29 is 49.5 Å². The molecule has 0 aliphatic heterocycles. The van der Waals surface area contributed by atoms with Crippen molar-refractivity contribution in [2.24, 2.45) is 0 Å². The normalized spacial score (nSPS) is 11.0. The summed E-state index contributed by atoms with van der Waals surface area (Å²) in [4.78, 5) is 0.